The molecule has 1 saturated heterocycles. The van der Waals surface area contributed by atoms with Crippen LogP contribution in [0.3, 0.4) is 0 Å². The smallest absolute Gasteiger partial charge is 0.0931 e. The molecule has 0 amide bonds. The van der Waals surface area contributed by atoms with E-state index >= 15 is 0 Å². The van der Waals surface area contributed by atoms with Gasteiger partial charge in [0, 0.05) is 11.5 Å². The van der Waals surface area contributed by atoms with Crippen LogP contribution in [0.4, 0.5) is 0 Å². The lowest BCUT2D eigenvalue weighted by Crippen LogP contribution is -2.62. The zero-order chi connectivity index (χ0) is 13.3. The summed E-state index contributed by atoms with van der Waals surface area (Å²) in [6, 6.07) is 5.09. The molecule has 1 aliphatic carbocycles. The number of piperidine rings is 1. The summed E-state index contributed by atoms with van der Waals surface area (Å²) in [7, 11) is 0. The number of hydrogen-bond acceptors (Lipinski definition) is 2. The molecule has 2 N–H and O–H groups in total. The molecule has 0 saturated carbocycles. The number of aromatic nitrogens is 2. The van der Waals surface area contributed by atoms with E-state index in [-0.39, 0.29) is 5.41 Å². The van der Waals surface area contributed by atoms with Crippen molar-refractivity contribution < 1.29 is 0 Å². The molecule has 2 atom stereocenters. The Bertz CT molecular complexity index is 655. The summed E-state index contributed by atoms with van der Waals surface area (Å²) in [6.45, 7) is 8.41. The van der Waals surface area contributed by atoms with Crippen LogP contribution in [-0.4, -0.2) is 22.6 Å². The molecule has 2 heterocycles. The van der Waals surface area contributed by atoms with Crippen molar-refractivity contribution in [2.45, 2.75) is 45.1 Å². The fourth-order valence-corrected chi connectivity index (χ4v) is 4.26. The van der Waals surface area contributed by atoms with Gasteiger partial charge in [-0.15, -0.1) is 0 Å². The van der Waals surface area contributed by atoms with Crippen molar-refractivity contribution >= 4 is 11.0 Å². The number of nitrogens with one attached hydrogen (secondary N) is 2. The third-order valence-corrected chi connectivity index (χ3v) is 6.01. The molecule has 3 nitrogen and oxygen atoms in total. The highest BCUT2D eigenvalue weighted by molar-refractivity contribution is 5.81. The normalized spacial score (nSPS) is 32.3. The molecule has 0 unspecified atom stereocenters. The van der Waals surface area contributed by atoms with Crippen LogP contribution in [0.2, 0.25) is 0 Å². The van der Waals surface area contributed by atoms with Crippen LogP contribution in [0.5, 0.6) is 0 Å². The Morgan fingerprint density at radius 2 is 2.11 bits per heavy atom. The van der Waals surface area contributed by atoms with E-state index in [4.69, 9.17) is 0 Å². The molecule has 2 bridgehead atoms. The van der Waals surface area contributed by atoms with Crippen molar-refractivity contribution in [1.29, 1.82) is 0 Å². The molecular formula is C16H21N3. The molecule has 2 aromatic rings. The zero-order valence-corrected chi connectivity index (χ0v) is 11.9. The highest BCUT2D eigenvalue weighted by Crippen LogP contribution is 2.54. The van der Waals surface area contributed by atoms with E-state index in [1.54, 1.807) is 0 Å². The third-order valence-electron chi connectivity index (χ3n) is 6.01. The SMILES string of the molecule is CC1(C)[C@H]2Cc3c(ccc4[nH]cnc34)[C@]1(C)CCN2. The van der Waals surface area contributed by atoms with E-state index in [0.717, 1.165) is 13.0 Å². The van der Waals surface area contributed by atoms with Crippen LogP contribution in [0.15, 0.2) is 18.5 Å². The summed E-state index contributed by atoms with van der Waals surface area (Å²) in [4.78, 5) is 7.79. The predicted molar refractivity (Wildman–Crippen MR) is 77.3 cm³/mol. The van der Waals surface area contributed by atoms with Crippen LogP contribution >= 0.6 is 0 Å². The Balaban J connectivity index is 2.05. The number of benzene rings is 1. The maximum absolute atomic E-state index is 4.55. The number of rotatable bonds is 0. The topological polar surface area (TPSA) is 40.7 Å². The van der Waals surface area contributed by atoms with Crippen molar-refractivity contribution in [3.63, 3.8) is 0 Å². The summed E-state index contributed by atoms with van der Waals surface area (Å²) in [5.41, 5.74) is 5.87. The Hall–Kier alpha value is -1.35. The van der Waals surface area contributed by atoms with Gasteiger partial charge >= 0.3 is 0 Å². The zero-order valence-electron chi connectivity index (χ0n) is 11.9. The van der Waals surface area contributed by atoms with Gasteiger partial charge in [0.05, 0.1) is 17.4 Å². The molecule has 1 aliphatic heterocycles. The predicted octanol–water partition coefficient (Wildman–Crippen LogP) is 2.76. The first-order valence-corrected chi connectivity index (χ1v) is 7.23. The van der Waals surface area contributed by atoms with Crippen molar-refractivity contribution in [1.82, 2.24) is 15.3 Å². The summed E-state index contributed by atoms with van der Waals surface area (Å²) >= 11 is 0. The standard InChI is InChI=1S/C16H21N3/c1-15(2)13-8-10-11(16(15,3)6-7-17-13)4-5-12-14(10)19-9-18-12/h4-5,9,13,17H,6-8H2,1-3H3,(H,18,19)/t13-,16+/m1/s1. The molecule has 0 radical (unpaired) electrons. The van der Waals surface area contributed by atoms with Gasteiger partial charge in [-0.25, -0.2) is 4.98 Å². The van der Waals surface area contributed by atoms with E-state index in [9.17, 15) is 0 Å². The van der Waals surface area contributed by atoms with Crippen molar-refractivity contribution in [3.8, 4) is 0 Å². The first-order valence-electron chi connectivity index (χ1n) is 7.23. The Kier molecular flexibility index (Phi) is 2.05. The minimum Gasteiger partial charge on any atom is -0.345 e. The van der Waals surface area contributed by atoms with E-state index in [1.807, 2.05) is 6.33 Å². The Morgan fingerprint density at radius 3 is 2.95 bits per heavy atom. The van der Waals surface area contributed by atoms with Gasteiger partial charge in [0.15, 0.2) is 0 Å². The lowest BCUT2D eigenvalue weighted by atomic mass is 9.51. The van der Waals surface area contributed by atoms with E-state index in [2.05, 4.69) is 48.2 Å². The van der Waals surface area contributed by atoms with Gasteiger partial charge in [-0.3, -0.25) is 0 Å². The molecule has 2 aliphatic rings. The Morgan fingerprint density at radius 1 is 1.26 bits per heavy atom. The van der Waals surface area contributed by atoms with Gasteiger partial charge in [-0.05, 0) is 42.0 Å². The summed E-state index contributed by atoms with van der Waals surface area (Å²) < 4.78 is 0. The minimum atomic E-state index is 0.254. The van der Waals surface area contributed by atoms with E-state index in [1.165, 1.54) is 28.6 Å². The minimum absolute atomic E-state index is 0.254. The maximum Gasteiger partial charge on any atom is 0.0931 e. The number of nitrogens with zero attached hydrogens (tertiary/aromatic N) is 1. The van der Waals surface area contributed by atoms with Gasteiger partial charge in [-0.2, -0.15) is 0 Å². The average molecular weight is 255 g/mol. The van der Waals surface area contributed by atoms with Gasteiger partial charge < -0.3 is 10.3 Å². The largest absolute Gasteiger partial charge is 0.345 e. The molecule has 100 valence electrons. The van der Waals surface area contributed by atoms with Crippen molar-refractivity contribution in [2.75, 3.05) is 6.54 Å². The molecular weight excluding hydrogens is 234 g/mol. The number of fused-ring (bicyclic) bond motifs is 6. The summed E-state index contributed by atoms with van der Waals surface area (Å²) in [5.74, 6) is 0. The Labute approximate surface area is 113 Å². The summed E-state index contributed by atoms with van der Waals surface area (Å²) in [5, 5.41) is 3.73. The maximum atomic E-state index is 4.55. The second-order valence-corrected chi connectivity index (χ2v) is 6.91. The molecule has 4 rings (SSSR count). The number of H-pyrrole nitrogens is 1. The van der Waals surface area contributed by atoms with Crippen LogP contribution < -0.4 is 5.32 Å². The van der Waals surface area contributed by atoms with Crippen LogP contribution in [0.25, 0.3) is 11.0 Å². The average Bonchev–Trinajstić information content (AvgIpc) is 2.81. The van der Waals surface area contributed by atoms with Gasteiger partial charge in [0.2, 0.25) is 0 Å². The van der Waals surface area contributed by atoms with Crippen molar-refractivity contribution in [3.05, 3.63) is 29.6 Å². The lowest BCUT2D eigenvalue weighted by molar-refractivity contribution is 0.0564. The number of aromatic amines is 1. The third kappa shape index (κ3) is 1.24. The van der Waals surface area contributed by atoms with Gasteiger partial charge in [0.25, 0.3) is 0 Å². The second-order valence-electron chi connectivity index (χ2n) is 6.91. The molecule has 19 heavy (non-hydrogen) atoms. The highest BCUT2D eigenvalue weighted by atomic mass is 15.0. The van der Waals surface area contributed by atoms with Crippen LogP contribution in [-0.2, 0) is 11.8 Å². The van der Waals surface area contributed by atoms with E-state index < -0.39 is 0 Å². The molecule has 1 fully saturated rings. The number of imidazole rings is 1. The van der Waals surface area contributed by atoms with Crippen LogP contribution in [0.1, 0.15) is 38.3 Å². The monoisotopic (exact) mass is 255 g/mol. The first kappa shape index (κ1) is 11.5. The quantitative estimate of drug-likeness (QED) is 0.760. The summed E-state index contributed by atoms with van der Waals surface area (Å²) in [6.07, 6.45) is 4.12. The molecule has 1 aromatic carbocycles. The lowest BCUT2D eigenvalue weighted by Gasteiger charge is -2.57. The molecule has 0 spiro atoms. The van der Waals surface area contributed by atoms with Gasteiger partial charge in [0.1, 0.15) is 0 Å². The fraction of sp³-hybridized carbons (Fsp3) is 0.562. The highest BCUT2D eigenvalue weighted by Gasteiger charge is 2.53. The van der Waals surface area contributed by atoms with Gasteiger partial charge in [-0.1, -0.05) is 26.8 Å². The number of hydrogen-bond donors (Lipinski definition) is 2. The van der Waals surface area contributed by atoms with Crippen LogP contribution in [0, 0.1) is 5.41 Å². The van der Waals surface area contributed by atoms with Crippen molar-refractivity contribution in [2.24, 2.45) is 5.41 Å². The molecule has 3 heteroatoms. The molecule has 1 aromatic heterocycles. The fourth-order valence-electron chi connectivity index (χ4n) is 4.26. The van der Waals surface area contributed by atoms with E-state index in [0.29, 0.717) is 11.5 Å². The second kappa shape index (κ2) is 3.40. The first-order chi connectivity index (χ1) is 9.04.